The molecule has 0 saturated carbocycles. The zero-order valence-electron chi connectivity index (χ0n) is 14.4. The van der Waals surface area contributed by atoms with E-state index in [1.54, 1.807) is 0 Å². The van der Waals surface area contributed by atoms with Gasteiger partial charge in [0.25, 0.3) is 0 Å². The van der Waals surface area contributed by atoms with E-state index in [2.05, 4.69) is 26.1 Å². The van der Waals surface area contributed by atoms with Crippen LogP contribution >= 0.6 is 0 Å². The minimum absolute atomic E-state index is 0.0169. The van der Waals surface area contributed by atoms with Crippen molar-refractivity contribution in [3.8, 4) is 0 Å². The summed E-state index contributed by atoms with van der Waals surface area (Å²) < 4.78 is 0. The quantitative estimate of drug-likeness (QED) is 0.788. The number of hydrogen-bond donors (Lipinski definition) is 1. The third-order valence-corrected chi connectivity index (χ3v) is 3.53. The average molecular weight is 304 g/mol. The van der Waals surface area contributed by atoms with Crippen LogP contribution in [0.1, 0.15) is 49.5 Å². The lowest BCUT2D eigenvalue weighted by Crippen LogP contribution is -2.31. The first-order valence-electron chi connectivity index (χ1n) is 7.75. The Kier molecular flexibility index (Phi) is 6.75. The van der Waals surface area contributed by atoms with Gasteiger partial charge in [-0.1, -0.05) is 45.0 Å². The first-order chi connectivity index (χ1) is 10.2. The summed E-state index contributed by atoms with van der Waals surface area (Å²) >= 11 is 0. The van der Waals surface area contributed by atoms with Gasteiger partial charge in [-0.05, 0) is 25.1 Å². The maximum absolute atomic E-state index is 12.1. The monoisotopic (exact) mass is 304 g/mol. The molecule has 0 aliphatic heterocycles. The van der Waals surface area contributed by atoms with E-state index in [9.17, 15) is 9.59 Å². The van der Waals surface area contributed by atoms with Gasteiger partial charge in [0.1, 0.15) is 0 Å². The summed E-state index contributed by atoms with van der Waals surface area (Å²) in [5.74, 6) is -0.0512. The molecule has 0 atom stereocenters. The molecular weight excluding hydrogens is 276 g/mol. The summed E-state index contributed by atoms with van der Waals surface area (Å²) in [4.78, 5) is 25.8. The van der Waals surface area contributed by atoms with E-state index in [0.717, 1.165) is 6.54 Å². The van der Waals surface area contributed by atoms with Crippen LogP contribution in [0.15, 0.2) is 24.3 Å². The summed E-state index contributed by atoms with van der Waals surface area (Å²) in [6.45, 7) is 7.83. The van der Waals surface area contributed by atoms with Gasteiger partial charge in [-0.2, -0.15) is 0 Å². The van der Waals surface area contributed by atoms with Gasteiger partial charge in [0.2, 0.25) is 5.91 Å². The van der Waals surface area contributed by atoms with Gasteiger partial charge >= 0.3 is 0 Å². The number of carbonyl (C=O) groups excluding carboxylic acids is 2. The zero-order chi connectivity index (χ0) is 16.8. The average Bonchev–Trinajstić information content (AvgIpc) is 2.43. The Labute approximate surface area is 133 Å². The number of likely N-dealkylation sites (N-methyl/N-ethyl adjacent to an activating group) is 1. The molecule has 0 aromatic heterocycles. The Morgan fingerprint density at radius 1 is 1.05 bits per heavy atom. The molecule has 4 heteroatoms. The van der Waals surface area contributed by atoms with Crippen LogP contribution in [0.25, 0.3) is 0 Å². The fraction of sp³-hybridized carbons (Fsp3) is 0.556. The predicted molar refractivity (Wildman–Crippen MR) is 90.3 cm³/mol. The third-order valence-electron chi connectivity index (χ3n) is 3.53. The number of Topliss-reactive ketones (excluding diaryl/α,β-unsaturated/α-hetero) is 1. The highest BCUT2D eigenvalue weighted by Gasteiger charge is 2.14. The van der Waals surface area contributed by atoms with E-state index in [0.29, 0.717) is 12.1 Å². The number of nitrogens with zero attached hydrogens (tertiary/aromatic N) is 1. The van der Waals surface area contributed by atoms with E-state index < -0.39 is 0 Å². The second-order valence-electron chi connectivity index (χ2n) is 6.90. The van der Waals surface area contributed by atoms with Crippen LogP contribution < -0.4 is 5.32 Å². The molecule has 1 aromatic rings. The molecule has 1 N–H and O–H groups in total. The molecular formula is C18H28N2O2. The number of nitrogens with one attached hydrogen (secondary N) is 1. The molecule has 1 rings (SSSR count). The van der Waals surface area contributed by atoms with Crippen molar-refractivity contribution < 1.29 is 9.59 Å². The summed E-state index contributed by atoms with van der Waals surface area (Å²) in [6.07, 6.45) is 0.496. The molecule has 1 amide bonds. The Bertz CT molecular complexity index is 499. The van der Waals surface area contributed by atoms with Gasteiger partial charge < -0.3 is 10.2 Å². The van der Waals surface area contributed by atoms with Gasteiger partial charge in [0.05, 0.1) is 0 Å². The summed E-state index contributed by atoms with van der Waals surface area (Å²) in [6, 6.07) is 7.69. The van der Waals surface area contributed by atoms with Crippen LogP contribution in [0.2, 0.25) is 0 Å². The number of benzene rings is 1. The number of carbonyl (C=O) groups is 2. The Hall–Kier alpha value is -1.68. The van der Waals surface area contributed by atoms with Gasteiger partial charge in [-0.3, -0.25) is 9.59 Å². The van der Waals surface area contributed by atoms with Crippen LogP contribution in [0, 0.1) is 0 Å². The highest BCUT2D eigenvalue weighted by atomic mass is 16.2. The summed E-state index contributed by atoms with van der Waals surface area (Å²) in [5, 5.41) is 2.82. The Balaban J connectivity index is 2.44. The van der Waals surface area contributed by atoms with Crippen molar-refractivity contribution in [2.45, 2.75) is 39.0 Å². The van der Waals surface area contributed by atoms with E-state index >= 15 is 0 Å². The number of hydrogen-bond acceptors (Lipinski definition) is 3. The first kappa shape index (κ1) is 18.4. The van der Waals surface area contributed by atoms with E-state index in [-0.39, 0.29) is 29.9 Å². The number of amides is 1. The Morgan fingerprint density at radius 3 is 2.14 bits per heavy atom. The van der Waals surface area contributed by atoms with Gasteiger partial charge in [0, 0.05) is 31.5 Å². The minimum atomic E-state index is -0.0680. The van der Waals surface area contributed by atoms with Crippen LogP contribution in [-0.2, 0) is 10.2 Å². The molecule has 0 unspecified atom stereocenters. The SMILES string of the molecule is CN(C)CCNC(=O)CCC(=O)c1ccc(C(C)(C)C)cc1. The van der Waals surface area contributed by atoms with Crippen LogP contribution in [0.4, 0.5) is 0 Å². The van der Waals surface area contributed by atoms with Gasteiger partial charge in [-0.15, -0.1) is 0 Å². The standard InChI is InChI=1S/C18H28N2O2/c1-18(2,3)15-8-6-14(7-9-15)16(21)10-11-17(22)19-12-13-20(4)5/h6-9H,10-13H2,1-5H3,(H,19,22). The van der Waals surface area contributed by atoms with Crippen molar-refractivity contribution in [1.29, 1.82) is 0 Å². The van der Waals surface area contributed by atoms with Crippen LogP contribution in [0.5, 0.6) is 0 Å². The number of ketones is 1. The lowest BCUT2D eigenvalue weighted by molar-refractivity contribution is -0.121. The third kappa shape index (κ3) is 6.39. The maximum atomic E-state index is 12.1. The normalized spacial score (nSPS) is 11.5. The van der Waals surface area contributed by atoms with E-state index in [1.807, 2.05) is 43.3 Å². The van der Waals surface area contributed by atoms with Crippen molar-refractivity contribution in [3.63, 3.8) is 0 Å². The molecule has 122 valence electrons. The predicted octanol–water partition coefficient (Wildman–Crippen LogP) is 2.62. The largest absolute Gasteiger partial charge is 0.355 e. The fourth-order valence-electron chi connectivity index (χ4n) is 2.03. The molecule has 4 nitrogen and oxygen atoms in total. The van der Waals surface area contributed by atoms with Crippen LogP contribution in [0.3, 0.4) is 0 Å². The van der Waals surface area contributed by atoms with Crippen molar-refractivity contribution in [2.75, 3.05) is 27.2 Å². The van der Waals surface area contributed by atoms with Crippen LogP contribution in [-0.4, -0.2) is 43.8 Å². The summed E-state index contributed by atoms with van der Waals surface area (Å²) in [5.41, 5.74) is 1.95. The van der Waals surface area contributed by atoms with Gasteiger partial charge in [0.15, 0.2) is 5.78 Å². The molecule has 0 aliphatic rings. The topological polar surface area (TPSA) is 49.4 Å². The zero-order valence-corrected chi connectivity index (χ0v) is 14.4. The molecule has 1 aromatic carbocycles. The minimum Gasteiger partial charge on any atom is -0.355 e. The van der Waals surface area contributed by atoms with Crippen molar-refractivity contribution in [2.24, 2.45) is 0 Å². The highest BCUT2D eigenvalue weighted by Crippen LogP contribution is 2.22. The van der Waals surface area contributed by atoms with Crippen molar-refractivity contribution >= 4 is 11.7 Å². The fourth-order valence-corrected chi connectivity index (χ4v) is 2.03. The molecule has 0 saturated heterocycles. The highest BCUT2D eigenvalue weighted by molar-refractivity contribution is 5.97. The molecule has 0 aliphatic carbocycles. The van der Waals surface area contributed by atoms with Gasteiger partial charge in [-0.25, -0.2) is 0 Å². The number of rotatable bonds is 7. The Morgan fingerprint density at radius 2 is 1.64 bits per heavy atom. The summed E-state index contributed by atoms with van der Waals surface area (Å²) in [7, 11) is 3.91. The lowest BCUT2D eigenvalue weighted by Gasteiger charge is -2.19. The molecule has 22 heavy (non-hydrogen) atoms. The molecule has 0 spiro atoms. The van der Waals surface area contributed by atoms with Crippen molar-refractivity contribution in [1.82, 2.24) is 10.2 Å². The molecule has 0 fully saturated rings. The second-order valence-corrected chi connectivity index (χ2v) is 6.90. The van der Waals surface area contributed by atoms with E-state index in [4.69, 9.17) is 0 Å². The maximum Gasteiger partial charge on any atom is 0.220 e. The van der Waals surface area contributed by atoms with Crippen molar-refractivity contribution in [3.05, 3.63) is 35.4 Å². The molecule has 0 heterocycles. The van der Waals surface area contributed by atoms with E-state index in [1.165, 1.54) is 5.56 Å². The first-order valence-corrected chi connectivity index (χ1v) is 7.75. The molecule has 0 bridgehead atoms. The second kappa shape index (κ2) is 8.08. The lowest BCUT2D eigenvalue weighted by atomic mass is 9.86. The molecule has 0 radical (unpaired) electrons. The smallest absolute Gasteiger partial charge is 0.220 e.